The van der Waals surface area contributed by atoms with Crippen LogP contribution in [0.3, 0.4) is 0 Å². The molecule has 1 saturated heterocycles. The minimum Gasteiger partial charge on any atom is -0.467 e. The van der Waals surface area contributed by atoms with Crippen molar-refractivity contribution in [3.63, 3.8) is 0 Å². The van der Waals surface area contributed by atoms with Gasteiger partial charge in [0.05, 0.1) is 12.8 Å². The van der Waals surface area contributed by atoms with E-state index in [-0.39, 0.29) is 6.54 Å². The third-order valence-electron chi connectivity index (χ3n) is 4.40. The molecule has 0 bridgehead atoms. The van der Waals surface area contributed by atoms with Crippen LogP contribution in [0, 0.1) is 5.92 Å². The highest BCUT2D eigenvalue weighted by Gasteiger charge is 2.21. The number of carbonyl (C=O) groups is 2. The Bertz CT molecular complexity index is 680. The summed E-state index contributed by atoms with van der Waals surface area (Å²) in [6.07, 6.45) is 7.08. The van der Waals surface area contributed by atoms with Crippen molar-refractivity contribution in [1.29, 1.82) is 0 Å². The van der Waals surface area contributed by atoms with Gasteiger partial charge in [-0.3, -0.25) is 14.6 Å². The van der Waals surface area contributed by atoms with Gasteiger partial charge < -0.3 is 20.0 Å². The molecule has 0 radical (unpaired) electrons. The van der Waals surface area contributed by atoms with Gasteiger partial charge in [0.25, 0.3) is 0 Å². The molecule has 0 aromatic carbocycles. The molecule has 7 heteroatoms. The molecular formula is C18H22N4O3. The SMILES string of the molecule is O=C(NCc1ccco1)C(=O)NCC1CCN(c2ccncc2)CC1. The lowest BCUT2D eigenvalue weighted by atomic mass is 9.96. The summed E-state index contributed by atoms with van der Waals surface area (Å²) in [5.74, 6) is -0.224. The second kappa shape index (κ2) is 8.32. The molecule has 2 aromatic rings. The molecular weight excluding hydrogens is 320 g/mol. The van der Waals surface area contributed by atoms with Crippen LogP contribution < -0.4 is 15.5 Å². The van der Waals surface area contributed by atoms with Crippen molar-refractivity contribution in [3.05, 3.63) is 48.7 Å². The van der Waals surface area contributed by atoms with E-state index in [0.29, 0.717) is 18.2 Å². The molecule has 0 unspecified atom stereocenters. The minimum atomic E-state index is -0.634. The summed E-state index contributed by atoms with van der Waals surface area (Å²) >= 11 is 0. The van der Waals surface area contributed by atoms with Crippen molar-refractivity contribution in [1.82, 2.24) is 15.6 Å². The van der Waals surface area contributed by atoms with Crippen LogP contribution in [0.1, 0.15) is 18.6 Å². The monoisotopic (exact) mass is 342 g/mol. The molecule has 3 rings (SSSR count). The third-order valence-corrected chi connectivity index (χ3v) is 4.40. The fourth-order valence-corrected chi connectivity index (χ4v) is 2.93. The average molecular weight is 342 g/mol. The van der Waals surface area contributed by atoms with Crippen molar-refractivity contribution >= 4 is 17.5 Å². The third kappa shape index (κ3) is 4.82. The van der Waals surface area contributed by atoms with Gasteiger partial charge >= 0.3 is 11.8 Å². The molecule has 7 nitrogen and oxygen atoms in total. The molecule has 0 atom stereocenters. The van der Waals surface area contributed by atoms with Crippen molar-refractivity contribution in [2.24, 2.45) is 5.92 Å². The van der Waals surface area contributed by atoms with Crippen LogP contribution in [0.2, 0.25) is 0 Å². The van der Waals surface area contributed by atoms with Crippen LogP contribution in [0.25, 0.3) is 0 Å². The predicted molar refractivity (Wildman–Crippen MR) is 92.7 cm³/mol. The Morgan fingerprint density at radius 1 is 1.12 bits per heavy atom. The van der Waals surface area contributed by atoms with Gasteiger partial charge in [-0.1, -0.05) is 0 Å². The summed E-state index contributed by atoms with van der Waals surface area (Å²) in [4.78, 5) is 30.0. The van der Waals surface area contributed by atoms with Gasteiger partial charge in [-0.2, -0.15) is 0 Å². The Kier molecular flexibility index (Phi) is 5.66. The maximum atomic E-state index is 11.9. The second-order valence-electron chi connectivity index (χ2n) is 6.11. The normalized spacial score (nSPS) is 15.0. The van der Waals surface area contributed by atoms with Gasteiger partial charge in [0, 0.05) is 37.7 Å². The van der Waals surface area contributed by atoms with Crippen LogP contribution in [0.4, 0.5) is 5.69 Å². The molecule has 2 N–H and O–H groups in total. The number of piperidine rings is 1. The van der Waals surface area contributed by atoms with E-state index in [4.69, 9.17) is 4.42 Å². The van der Waals surface area contributed by atoms with E-state index >= 15 is 0 Å². The minimum absolute atomic E-state index is 0.212. The number of nitrogens with zero attached hydrogens (tertiary/aromatic N) is 2. The first kappa shape index (κ1) is 17.0. The summed E-state index contributed by atoms with van der Waals surface area (Å²) in [6.45, 7) is 2.62. The predicted octanol–water partition coefficient (Wildman–Crippen LogP) is 1.32. The number of rotatable bonds is 5. The lowest BCUT2D eigenvalue weighted by molar-refractivity contribution is -0.139. The molecule has 3 heterocycles. The zero-order valence-corrected chi connectivity index (χ0v) is 14.0. The number of hydrogen-bond donors (Lipinski definition) is 2. The van der Waals surface area contributed by atoms with E-state index in [1.54, 1.807) is 24.5 Å². The van der Waals surface area contributed by atoms with Crippen LogP contribution in [-0.4, -0.2) is 36.4 Å². The van der Waals surface area contributed by atoms with E-state index in [2.05, 4.69) is 20.5 Å². The van der Waals surface area contributed by atoms with Gasteiger partial charge in [-0.15, -0.1) is 0 Å². The number of carbonyl (C=O) groups excluding carboxylic acids is 2. The first-order valence-electron chi connectivity index (χ1n) is 8.46. The summed E-state index contributed by atoms with van der Waals surface area (Å²) in [5.41, 5.74) is 1.18. The Hall–Kier alpha value is -2.83. The Morgan fingerprint density at radius 3 is 2.52 bits per heavy atom. The number of hydrogen-bond acceptors (Lipinski definition) is 5. The molecule has 25 heavy (non-hydrogen) atoms. The van der Waals surface area contributed by atoms with Crippen LogP contribution in [0.15, 0.2) is 47.3 Å². The quantitative estimate of drug-likeness (QED) is 0.800. The maximum Gasteiger partial charge on any atom is 0.309 e. The number of anilines is 1. The van der Waals surface area contributed by atoms with Gasteiger partial charge in [-0.25, -0.2) is 0 Å². The van der Waals surface area contributed by atoms with E-state index in [1.165, 1.54) is 12.0 Å². The van der Waals surface area contributed by atoms with Crippen molar-refractivity contribution in [3.8, 4) is 0 Å². The number of amides is 2. The maximum absolute atomic E-state index is 11.9. The summed E-state index contributed by atoms with van der Waals surface area (Å²) in [5, 5.41) is 5.27. The second-order valence-corrected chi connectivity index (χ2v) is 6.11. The molecule has 1 aliphatic rings. The van der Waals surface area contributed by atoms with Crippen LogP contribution in [-0.2, 0) is 16.1 Å². The molecule has 0 spiro atoms. The molecule has 2 amide bonds. The zero-order chi connectivity index (χ0) is 17.5. The smallest absolute Gasteiger partial charge is 0.309 e. The fourth-order valence-electron chi connectivity index (χ4n) is 2.93. The van der Waals surface area contributed by atoms with Crippen LogP contribution >= 0.6 is 0 Å². The first-order valence-corrected chi connectivity index (χ1v) is 8.46. The lowest BCUT2D eigenvalue weighted by Crippen LogP contribution is -2.43. The van der Waals surface area contributed by atoms with Gasteiger partial charge in [0.15, 0.2) is 0 Å². The topological polar surface area (TPSA) is 87.5 Å². The van der Waals surface area contributed by atoms with Gasteiger partial charge in [0.1, 0.15) is 5.76 Å². The highest BCUT2D eigenvalue weighted by molar-refractivity contribution is 6.35. The molecule has 1 aliphatic heterocycles. The number of pyridine rings is 1. The van der Waals surface area contributed by atoms with E-state index in [1.807, 2.05) is 12.1 Å². The van der Waals surface area contributed by atoms with E-state index in [0.717, 1.165) is 25.9 Å². The standard InChI is InChI=1S/C18H22N4O3/c23-17(18(24)21-13-16-2-1-11-25-16)20-12-14-5-9-22(10-6-14)15-3-7-19-8-4-15/h1-4,7-8,11,14H,5-6,9-10,12-13H2,(H,20,23)(H,21,24). The number of nitrogens with one attached hydrogen (secondary N) is 2. The number of furan rings is 1. The average Bonchev–Trinajstić information content (AvgIpc) is 3.19. The van der Waals surface area contributed by atoms with Crippen molar-refractivity contribution in [2.45, 2.75) is 19.4 Å². The van der Waals surface area contributed by atoms with Gasteiger partial charge in [0.2, 0.25) is 0 Å². The van der Waals surface area contributed by atoms with E-state index in [9.17, 15) is 9.59 Å². The fraction of sp³-hybridized carbons (Fsp3) is 0.389. The van der Waals surface area contributed by atoms with Crippen LogP contribution in [0.5, 0.6) is 0 Å². The number of aromatic nitrogens is 1. The highest BCUT2D eigenvalue weighted by Crippen LogP contribution is 2.22. The molecule has 1 fully saturated rings. The Morgan fingerprint density at radius 2 is 1.84 bits per heavy atom. The lowest BCUT2D eigenvalue weighted by Gasteiger charge is -2.33. The first-order chi connectivity index (χ1) is 12.2. The molecule has 132 valence electrons. The van der Waals surface area contributed by atoms with Crippen molar-refractivity contribution in [2.75, 3.05) is 24.5 Å². The van der Waals surface area contributed by atoms with Crippen molar-refractivity contribution < 1.29 is 14.0 Å². The van der Waals surface area contributed by atoms with Gasteiger partial charge in [-0.05, 0) is 43.0 Å². The van der Waals surface area contributed by atoms with E-state index < -0.39 is 11.8 Å². The molecule has 2 aromatic heterocycles. The molecule has 0 aliphatic carbocycles. The summed E-state index contributed by atoms with van der Waals surface area (Å²) in [7, 11) is 0. The summed E-state index contributed by atoms with van der Waals surface area (Å²) in [6, 6.07) is 7.49. The highest BCUT2D eigenvalue weighted by atomic mass is 16.3. The molecule has 0 saturated carbocycles. The Labute approximate surface area is 146 Å². The summed E-state index contributed by atoms with van der Waals surface area (Å²) < 4.78 is 5.11. The zero-order valence-electron chi connectivity index (χ0n) is 14.0. The Balaban J connectivity index is 1.36. The largest absolute Gasteiger partial charge is 0.467 e.